The summed E-state index contributed by atoms with van der Waals surface area (Å²) in [4.78, 5) is 4.69. The fourth-order valence-electron chi connectivity index (χ4n) is 2.30. The van der Waals surface area contributed by atoms with Crippen LogP contribution in [0.3, 0.4) is 0 Å². The van der Waals surface area contributed by atoms with Gasteiger partial charge in [-0.1, -0.05) is 42.5 Å². The molecular formula is C17H15N3S. The Bertz CT molecular complexity index is 772. The molecule has 21 heavy (non-hydrogen) atoms. The van der Waals surface area contributed by atoms with Crippen LogP contribution in [0.15, 0.2) is 61.2 Å². The third-order valence-corrected chi connectivity index (χ3v) is 3.48. The van der Waals surface area contributed by atoms with Crippen LogP contribution in [0.4, 0.5) is 5.69 Å². The Morgan fingerprint density at radius 1 is 1.05 bits per heavy atom. The second-order valence-electron chi connectivity index (χ2n) is 4.64. The van der Waals surface area contributed by atoms with Crippen molar-refractivity contribution in [2.75, 3.05) is 11.9 Å². The molecular weight excluding hydrogens is 278 g/mol. The van der Waals surface area contributed by atoms with Crippen LogP contribution in [0, 0.1) is 0 Å². The monoisotopic (exact) mass is 293 g/mol. The molecule has 1 heterocycles. The number of anilines is 1. The zero-order valence-corrected chi connectivity index (χ0v) is 12.3. The minimum absolute atomic E-state index is 0.580. The largest absolute Gasteiger partial charge is 0.359 e. The van der Waals surface area contributed by atoms with Gasteiger partial charge in [0.15, 0.2) is 5.11 Å². The number of para-hydroxylation sites is 2. The first-order valence-electron chi connectivity index (χ1n) is 6.73. The van der Waals surface area contributed by atoms with E-state index in [4.69, 9.17) is 12.2 Å². The third-order valence-electron chi connectivity index (χ3n) is 3.23. The lowest BCUT2D eigenvalue weighted by atomic mass is 10.1. The fraction of sp³-hybridized carbons (Fsp3) is 0.0588. The summed E-state index contributed by atoms with van der Waals surface area (Å²) in [6.07, 6.45) is 1.77. The van der Waals surface area contributed by atoms with E-state index in [0.717, 1.165) is 27.5 Å². The maximum Gasteiger partial charge on any atom is 0.171 e. The Kier molecular flexibility index (Phi) is 3.79. The molecule has 104 valence electrons. The van der Waals surface area contributed by atoms with E-state index in [1.807, 2.05) is 48.5 Å². The van der Waals surface area contributed by atoms with Crippen LogP contribution in [0.2, 0.25) is 0 Å². The van der Waals surface area contributed by atoms with Crippen LogP contribution in [0.25, 0.3) is 21.8 Å². The van der Waals surface area contributed by atoms with Crippen LogP contribution < -0.4 is 10.6 Å². The second kappa shape index (κ2) is 5.89. The van der Waals surface area contributed by atoms with Gasteiger partial charge in [-0.3, -0.25) is 0 Å². The summed E-state index contributed by atoms with van der Waals surface area (Å²) in [5, 5.41) is 9.08. The van der Waals surface area contributed by atoms with Gasteiger partial charge in [0.05, 0.1) is 16.7 Å². The summed E-state index contributed by atoms with van der Waals surface area (Å²) in [6, 6.07) is 16.1. The van der Waals surface area contributed by atoms with Gasteiger partial charge in [0.2, 0.25) is 0 Å². The van der Waals surface area contributed by atoms with Gasteiger partial charge in [0, 0.05) is 17.3 Å². The molecule has 0 radical (unpaired) electrons. The molecule has 0 atom stereocenters. The van der Waals surface area contributed by atoms with Gasteiger partial charge >= 0.3 is 0 Å². The van der Waals surface area contributed by atoms with Crippen molar-refractivity contribution in [2.45, 2.75) is 0 Å². The van der Waals surface area contributed by atoms with E-state index in [1.165, 1.54) is 0 Å². The zero-order valence-electron chi connectivity index (χ0n) is 11.5. The first kappa shape index (κ1) is 13.5. The molecule has 1 aromatic heterocycles. The van der Waals surface area contributed by atoms with E-state index in [2.05, 4.69) is 22.2 Å². The van der Waals surface area contributed by atoms with Crippen LogP contribution >= 0.6 is 12.2 Å². The molecule has 0 saturated heterocycles. The van der Waals surface area contributed by atoms with Crippen LogP contribution in [-0.2, 0) is 0 Å². The maximum absolute atomic E-state index is 5.34. The smallest absolute Gasteiger partial charge is 0.171 e. The number of pyridine rings is 1. The molecule has 0 aliphatic rings. The number of aromatic nitrogens is 1. The number of benzene rings is 2. The van der Waals surface area contributed by atoms with Gasteiger partial charge in [-0.2, -0.15) is 0 Å². The number of nitrogens with one attached hydrogen (secondary N) is 2. The van der Waals surface area contributed by atoms with E-state index in [-0.39, 0.29) is 0 Å². The molecule has 0 unspecified atom stereocenters. The summed E-state index contributed by atoms with van der Waals surface area (Å²) in [6.45, 7) is 4.31. The van der Waals surface area contributed by atoms with E-state index < -0.39 is 0 Å². The predicted octanol–water partition coefficient (Wildman–Crippen LogP) is 3.86. The van der Waals surface area contributed by atoms with E-state index >= 15 is 0 Å². The van der Waals surface area contributed by atoms with Crippen molar-refractivity contribution in [2.24, 2.45) is 0 Å². The van der Waals surface area contributed by atoms with E-state index in [1.54, 1.807) is 6.08 Å². The van der Waals surface area contributed by atoms with Crippen molar-refractivity contribution in [3.05, 3.63) is 61.2 Å². The molecule has 3 aromatic rings. The minimum Gasteiger partial charge on any atom is -0.359 e. The van der Waals surface area contributed by atoms with Crippen molar-refractivity contribution in [3.63, 3.8) is 0 Å². The second-order valence-corrected chi connectivity index (χ2v) is 5.05. The van der Waals surface area contributed by atoms with Gasteiger partial charge in [0.25, 0.3) is 0 Å². The van der Waals surface area contributed by atoms with Gasteiger partial charge in [-0.05, 0) is 24.4 Å². The Hall–Kier alpha value is -2.46. The van der Waals surface area contributed by atoms with Crippen molar-refractivity contribution in [1.82, 2.24) is 10.3 Å². The molecule has 0 aliphatic heterocycles. The summed E-state index contributed by atoms with van der Waals surface area (Å²) in [5.74, 6) is 0. The van der Waals surface area contributed by atoms with Gasteiger partial charge in [-0.15, -0.1) is 6.58 Å². The van der Waals surface area contributed by atoms with Crippen molar-refractivity contribution < 1.29 is 0 Å². The number of thiocarbonyl (C=S) groups is 1. The number of rotatable bonds is 3. The maximum atomic E-state index is 5.34. The van der Waals surface area contributed by atoms with Crippen LogP contribution in [0.1, 0.15) is 0 Å². The average Bonchev–Trinajstić information content (AvgIpc) is 2.52. The number of fused-ring (bicyclic) bond motifs is 2. The summed E-state index contributed by atoms with van der Waals surface area (Å²) in [5.41, 5.74) is 2.88. The van der Waals surface area contributed by atoms with E-state index in [9.17, 15) is 0 Å². The van der Waals surface area contributed by atoms with Crippen molar-refractivity contribution in [3.8, 4) is 0 Å². The number of hydrogen-bond donors (Lipinski definition) is 2. The minimum atomic E-state index is 0.580. The Morgan fingerprint density at radius 3 is 2.19 bits per heavy atom. The molecule has 2 aromatic carbocycles. The van der Waals surface area contributed by atoms with Crippen molar-refractivity contribution >= 4 is 44.8 Å². The Morgan fingerprint density at radius 2 is 1.62 bits per heavy atom. The third kappa shape index (κ3) is 2.71. The summed E-state index contributed by atoms with van der Waals surface area (Å²) >= 11 is 5.34. The van der Waals surface area contributed by atoms with Gasteiger partial charge in [0.1, 0.15) is 0 Å². The first-order chi connectivity index (χ1) is 10.3. The normalized spacial score (nSPS) is 10.5. The average molecular weight is 293 g/mol. The lowest BCUT2D eigenvalue weighted by Crippen LogP contribution is -2.28. The quantitative estimate of drug-likeness (QED) is 0.437. The van der Waals surface area contributed by atoms with Crippen LogP contribution in [-0.4, -0.2) is 16.6 Å². The molecule has 0 amide bonds. The number of hydrogen-bond acceptors (Lipinski definition) is 2. The molecule has 0 bridgehead atoms. The lowest BCUT2D eigenvalue weighted by Gasteiger charge is -2.14. The van der Waals surface area contributed by atoms with Crippen LogP contribution in [0.5, 0.6) is 0 Å². The first-order valence-corrected chi connectivity index (χ1v) is 7.13. The highest BCUT2D eigenvalue weighted by Gasteiger charge is 2.09. The van der Waals surface area contributed by atoms with Gasteiger partial charge in [-0.25, -0.2) is 4.98 Å². The molecule has 2 N–H and O–H groups in total. The highest BCUT2D eigenvalue weighted by Crippen LogP contribution is 2.30. The zero-order chi connectivity index (χ0) is 14.7. The van der Waals surface area contributed by atoms with Gasteiger partial charge < -0.3 is 10.6 Å². The Labute approximate surface area is 128 Å². The molecule has 3 rings (SSSR count). The highest BCUT2D eigenvalue weighted by molar-refractivity contribution is 7.80. The fourth-order valence-corrected chi connectivity index (χ4v) is 2.48. The summed E-state index contributed by atoms with van der Waals surface area (Å²) < 4.78 is 0. The molecule has 3 nitrogen and oxygen atoms in total. The predicted molar refractivity (Wildman–Crippen MR) is 93.7 cm³/mol. The molecule has 4 heteroatoms. The number of nitrogens with zero attached hydrogens (tertiary/aromatic N) is 1. The molecule has 0 saturated carbocycles. The standard InChI is InChI=1S/C17H15N3S/c1-2-11-18-17(21)20-16-12-7-3-5-9-14(12)19-15-10-6-4-8-13(15)16/h2-10H,1,11H2,(H2,18,19,20,21). The topological polar surface area (TPSA) is 37.0 Å². The SMILES string of the molecule is C=CCNC(=S)Nc1c2ccccc2nc2ccccc12. The van der Waals surface area contributed by atoms with E-state index in [0.29, 0.717) is 11.7 Å². The van der Waals surface area contributed by atoms with Crippen molar-refractivity contribution in [1.29, 1.82) is 0 Å². The molecule has 0 aliphatic carbocycles. The highest BCUT2D eigenvalue weighted by atomic mass is 32.1. The summed E-state index contributed by atoms with van der Waals surface area (Å²) in [7, 11) is 0. The Balaban J connectivity index is 2.15. The molecule has 0 fully saturated rings. The lowest BCUT2D eigenvalue weighted by molar-refractivity contribution is 1.06. The molecule has 0 spiro atoms.